The molecule has 1 aromatic carbocycles. The number of nitrogen functional groups attached to an aromatic ring is 1. The van der Waals surface area contributed by atoms with E-state index in [0.29, 0.717) is 17.9 Å². The summed E-state index contributed by atoms with van der Waals surface area (Å²) in [6.45, 7) is 0.367. The molecule has 0 aliphatic rings. The van der Waals surface area contributed by atoms with Crippen LogP contribution in [0.25, 0.3) is 0 Å². The third-order valence-corrected chi connectivity index (χ3v) is 2.91. The van der Waals surface area contributed by atoms with Crippen LogP contribution in [0, 0.1) is 5.82 Å². The summed E-state index contributed by atoms with van der Waals surface area (Å²) < 4.78 is 13.1. The molecule has 2 aromatic rings. The molecule has 0 spiro atoms. The molecule has 0 saturated carbocycles. The Hall–Kier alpha value is -2.43. The molecular formula is C15H16FN3O. The zero-order chi connectivity index (χ0) is 14.5. The van der Waals surface area contributed by atoms with Crippen molar-refractivity contribution in [1.82, 2.24) is 9.88 Å². The second-order valence-corrected chi connectivity index (χ2v) is 4.64. The lowest BCUT2D eigenvalue weighted by Gasteiger charge is -2.17. The Bertz CT molecular complexity index is 598. The largest absolute Gasteiger partial charge is 0.397 e. The lowest BCUT2D eigenvalue weighted by Crippen LogP contribution is -2.28. The molecule has 1 amide bonds. The van der Waals surface area contributed by atoms with Crippen molar-refractivity contribution in [2.24, 2.45) is 0 Å². The molecule has 0 fully saturated rings. The SMILES string of the molecule is CN(Cc1cccc(F)c1)C(=O)Cc1ccc(N)cn1. The third-order valence-electron chi connectivity index (χ3n) is 2.91. The second-order valence-electron chi connectivity index (χ2n) is 4.64. The van der Waals surface area contributed by atoms with Gasteiger partial charge in [0.25, 0.3) is 0 Å². The number of halogens is 1. The Labute approximate surface area is 117 Å². The van der Waals surface area contributed by atoms with Crippen LogP contribution < -0.4 is 5.73 Å². The zero-order valence-electron chi connectivity index (χ0n) is 11.2. The Morgan fingerprint density at radius 3 is 2.80 bits per heavy atom. The molecule has 20 heavy (non-hydrogen) atoms. The maximum atomic E-state index is 13.1. The molecule has 0 aliphatic heterocycles. The van der Waals surface area contributed by atoms with E-state index < -0.39 is 0 Å². The molecule has 0 saturated heterocycles. The average Bonchev–Trinajstić information content (AvgIpc) is 2.41. The maximum Gasteiger partial charge on any atom is 0.228 e. The fourth-order valence-electron chi connectivity index (χ4n) is 1.83. The van der Waals surface area contributed by atoms with Gasteiger partial charge >= 0.3 is 0 Å². The minimum absolute atomic E-state index is 0.0773. The summed E-state index contributed by atoms with van der Waals surface area (Å²) in [5.74, 6) is -0.380. The minimum Gasteiger partial charge on any atom is -0.397 e. The molecule has 1 aromatic heterocycles. The molecule has 4 nitrogen and oxygen atoms in total. The number of hydrogen-bond donors (Lipinski definition) is 1. The van der Waals surface area contributed by atoms with E-state index >= 15 is 0 Å². The highest BCUT2D eigenvalue weighted by atomic mass is 19.1. The highest BCUT2D eigenvalue weighted by Crippen LogP contribution is 2.08. The zero-order valence-corrected chi connectivity index (χ0v) is 11.2. The molecular weight excluding hydrogens is 257 g/mol. The van der Waals surface area contributed by atoms with Gasteiger partial charge in [0.2, 0.25) is 5.91 Å². The van der Waals surface area contributed by atoms with Crippen LogP contribution in [-0.2, 0) is 17.8 Å². The number of pyridine rings is 1. The fourth-order valence-corrected chi connectivity index (χ4v) is 1.83. The van der Waals surface area contributed by atoms with Crippen LogP contribution in [0.5, 0.6) is 0 Å². The van der Waals surface area contributed by atoms with Crippen molar-refractivity contribution in [2.75, 3.05) is 12.8 Å². The maximum absolute atomic E-state index is 13.1. The first-order chi connectivity index (χ1) is 9.54. The lowest BCUT2D eigenvalue weighted by molar-refractivity contribution is -0.129. The number of carbonyl (C=O) groups is 1. The van der Waals surface area contributed by atoms with E-state index in [0.717, 1.165) is 5.56 Å². The van der Waals surface area contributed by atoms with Crippen molar-refractivity contribution in [3.63, 3.8) is 0 Å². The van der Waals surface area contributed by atoms with Crippen LogP contribution in [0.1, 0.15) is 11.3 Å². The summed E-state index contributed by atoms with van der Waals surface area (Å²) in [6, 6.07) is 9.65. The molecule has 5 heteroatoms. The number of rotatable bonds is 4. The Morgan fingerprint density at radius 1 is 1.35 bits per heavy atom. The number of benzene rings is 1. The van der Waals surface area contributed by atoms with Crippen LogP contribution in [0.4, 0.5) is 10.1 Å². The van der Waals surface area contributed by atoms with Crippen LogP contribution >= 0.6 is 0 Å². The highest BCUT2D eigenvalue weighted by molar-refractivity contribution is 5.78. The van der Waals surface area contributed by atoms with Crippen molar-refractivity contribution < 1.29 is 9.18 Å². The quantitative estimate of drug-likeness (QED) is 0.927. The second kappa shape index (κ2) is 6.14. The van der Waals surface area contributed by atoms with Crippen LogP contribution in [0.15, 0.2) is 42.6 Å². The van der Waals surface area contributed by atoms with Crippen molar-refractivity contribution in [1.29, 1.82) is 0 Å². The van der Waals surface area contributed by atoms with Crippen molar-refractivity contribution in [3.05, 3.63) is 59.7 Å². The van der Waals surface area contributed by atoms with E-state index in [1.54, 1.807) is 36.2 Å². The van der Waals surface area contributed by atoms with E-state index in [4.69, 9.17) is 5.73 Å². The lowest BCUT2D eigenvalue weighted by atomic mass is 10.2. The summed E-state index contributed by atoms with van der Waals surface area (Å²) in [7, 11) is 1.69. The van der Waals surface area contributed by atoms with Gasteiger partial charge in [0.1, 0.15) is 5.82 Å². The van der Waals surface area contributed by atoms with Gasteiger partial charge in [-0.1, -0.05) is 12.1 Å². The average molecular weight is 273 g/mol. The molecule has 1 heterocycles. The van der Waals surface area contributed by atoms with Crippen LogP contribution in [-0.4, -0.2) is 22.8 Å². The van der Waals surface area contributed by atoms with Gasteiger partial charge in [-0.05, 0) is 29.8 Å². The number of anilines is 1. The molecule has 2 N–H and O–H groups in total. The first-order valence-electron chi connectivity index (χ1n) is 6.23. The summed E-state index contributed by atoms with van der Waals surface area (Å²) >= 11 is 0. The first-order valence-corrected chi connectivity index (χ1v) is 6.23. The summed E-state index contributed by atoms with van der Waals surface area (Å²) in [6.07, 6.45) is 1.72. The van der Waals surface area contributed by atoms with Gasteiger partial charge in [-0.2, -0.15) is 0 Å². The van der Waals surface area contributed by atoms with E-state index in [1.165, 1.54) is 18.3 Å². The van der Waals surface area contributed by atoms with Gasteiger partial charge in [-0.15, -0.1) is 0 Å². The summed E-state index contributed by atoms with van der Waals surface area (Å²) in [4.78, 5) is 17.7. The Kier molecular flexibility index (Phi) is 4.30. The summed E-state index contributed by atoms with van der Waals surface area (Å²) in [5, 5.41) is 0. The predicted molar refractivity (Wildman–Crippen MR) is 75.2 cm³/mol. The first kappa shape index (κ1) is 14.0. The molecule has 2 rings (SSSR count). The van der Waals surface area contributed by atoms with Gasteiger partial charge in [-0.25, -0.2) is 4.39 Å². The Morgan fingerprint density at radius 2 is 2.15 bits per heavy atom. The molecule has 0 atom stereocenters. The fraction of sp³-hybridized carbons (Fsp3) is 0.200. The van der Waals surface area contributed by atoms with Gasteiger partial charge < -0.3 is 10.6 Å². The van der Waals surface area contributed by atoms with Gasteiger partial charge in [0, 0.05) is 19.3 Å². The van der Waals surface area contributed by atoms with Gasteiger partial charge in [0.05, 0.1) is 18.3 Å². The van der Waals surface area contributed by atoms with Crippen LogP contribution in [0.3, 0.4) is 0 Å². The minimum atomic E-state index is -0.302. The topological polar surface area (TPSA) is 59.2 Å². The number of hydrogen-bond acceptors (Lipinski definition) is 3. The van der Waals surface area contributed by atoms with Crippen molar-refractivity contribution in [2.45, 2.75) is 13.0 Å². The van der Waals surface area contributed by atoms with Gasteiger partial charge in [-0.3, -0.25) is 9.78 Å². The highest BCUT2D eigenvalue weighted by Gasteiger charge is 2.11. The van der Waals surface area contributed by atoms with E-state index in [1.807, 2.05) is 0 Å². The molecule has 0 bridgehead atoms. The standard InChI is InChI=1S/C15H16FN3O/c1-19(10-11-3-2-4-12(16)7-11)15(20)8-14-6-5-13(17)9-18-14/h2-7,9H,8,10,17H2,1H3. The predicted octanol–water partition coefficient (Wildman–Crippen LogP) is 2.00. The molecule has 0 aliphatic carbocycles. The number of nitrogens with zero attached hydrogens (tertiary/aromatic N) is 2. The molecule has 0 radical (unpaired) electrons. The van der Waals surface area contributed by atoms with E-state index in [9.17, 15) is 9.18 Å². The normalized spacial score (nSPS) is 10.3. The summed E-state index contributed by atoms with van der Waals surface area (Å²) in [5.41, 5.74) is 7.52. The Balaban J connectivity index is 1.96. The number of amides is 1. The van der Waals surface area contributed by atoms with Crippen molar-refractivity contribution in [3.8, 4) is 0 Å². The van der Waals surface area contributed by atoms with Crippen molar-refractivity contribution >= 4 is 11.6 Å². The third kappa shape index (κ3) is 3.78. The monoisotopic (exact) mass is 273 g/mol. The number of aromatic nitrogens is 1. The van der Waals surface area contributed by atoms with E-state index in [2.05, 4.69) is 4.98 Å². The molecule has 0 unspecified atom stereocenters. The number of likely N-dealkylation sites (N-methyl/N-ethyl adjacent to an activating group) is 1. The van der Waals surface area contributed by atoms with Gasteiger partial charge in [0.15, 0.2) is 0 Å². The molecule has 104 valence electrons. The van der Waals surface area contributed by atoms with E-state index in [-0.39, 0.29) is 18.1 Å². The smallest absolute Gasteiger partial charge is 0.228 e. The number of carbonyl (C=O) groups excluding carboxylic acids is 1. The van der Waals surface area contributed by atoms with Crippen LogP contribution in [0.2, 0.25) is 0 Å². The number of nitrogens with two attached hydrogens (primary N) is 1.